The molecule has 0 amide bonds. The number of nitrogens with two attached hydrogens (primary N) is 1. The van der Waals surface area contributed by atoms with Crippen LogP contribution in [0.25, 0.3) is 27.6 Å². The van der Waals surface area contributed by atoms with Crippen LogP contribution in [-0.4, -0.2) is 29.7 Å². The van der Waals surface area contributed by atoms with Gasteiger partial charge in [-0.1, -0.05) is 36.9 Å². The number of nitrogens with zero attached hydrogens (tertiary/aromatic N) is 1. The number of nitrogen functional groups attached to an aromatic ring is 1. The summed E-state index contributed by atoms with van der Waals surface area (Å²) >= 11 is 0. The second kappa shape index (κ2) is 9.09. The summed E-state index contributed by atoms with van der Waals surface area (Å²) in [6.45, 7) is 5.91. The Balaban J connectivity index is 1.77. The highest BCUT2D eigenvalue weighted by Gasteiger charge is 2.15. The molecule has 0 aliphatic rings. The second-order valence-corrected chi connectivity index (χ2v) is 8.18. The highest BCUT2D eigenvalue weighted by atomic mass is 16.3. The number of benzene rings is 2. The largest absolute Gasteiger partial charge is 0.472 e. The van der Waals surface area contributed by atoms with Crippen molar-refractivity contribution in [3.8, 4) is 11.1 Å². The summed E-state index contributed by atoms with van der Waals surface area (Å²) in [4.78, 5) is 5.44. The van der Waals surface area contributed by atoms with Crippen LogP contribution in [0.4, 0.5) is 5.69 Å². The van der Waals surface area contributed by atoms with Crippen molar-refractivity contribution in [2.75, 3.05) is 19.8 Å². The van der Waals surface area contributed by atoms with E-state index in [9.17, 15) is 0 Å². The zero-order valence-corrected chi connectivity index (χ0v) is 19.1. The summed E-state index contributed by atoms with van der Waals surface area (Å²) < 4.78 is 5.27. The van der Waals surface area contributed by atoms with Gasteiger partial charge in [-0.15, -0.1) is 0 Å². The number of rotatable bonds is 7. The SMILES string of the molecule is C=C/C=C(\C=C(/C)N(C)C)c1ccc(N)c(C(=N)c2cc3c(-c4ccoc4)cccc3[nH]2)c1. The minimum atomic E-state index is 0.343. The summed E-state index contributed by atoms with van der Waals surface area (Å²) in [6.07, 6.45) is 9.22. The van der Waals surface area contributed by atoms with Gasteiger partial charge in [-0.25, -0.2) is 0 Å². The number of hydrogen-bond donors (Lipinski definition) is 3. The lowest BCUT2D eigenvalue weighted by atomic mass is 9.97. The lowest BCUT2D eigenvalue weighted by Crippen LogP contribution is -2.08. The van der Waals surface area contributed by atoms with Crippen LogP contribution in [-0.2, 0) is 0 Å². The first kappa shape index (κ1) is 22.0. The Labute approximate surface area is 194 Å². The van der Waals surface area contributed by atoms with E-state index in [1.165, 1.54) is 0 Å². The highest BCUT2D eigenvalue weighted by Crippen LogP contribution is 2.31. The minimum absolute atomic E-state index is 0.343. The number of furan rings is 1. The van der Waals surface area contributed by atoms with Crippen LogP contribution < -0.4 is 5.73 Å². The molecule has 4 N–H and O–H groups in total. The van der Waals surface area contributed by atoms with E-state index in [4.69, 9.17) is 15.6 Å². The molecule has 0 aliphatic carbocycles. The third-order valence-electron chi connectivity index (χ3n) is 5.79. The normalized spacial score (nSPS) is 12.2. The maximum absolute atomic E-state index is 8.95. The Morgan fingerprint density at radius 3 is 2.67 bits per heavy atom. The van der Waals surface area contributed by atoms with Crippen LogP contribution in [0.3, 0.4) is 0 Å². The molecule has 166 valence electrons. The number of anilines is 1. The van der Waals surface area contributed by atoms with E-state index < -0.39 is 0 Å². The maximum atomic E-state index is 8.95. The third-order valence-corrected chi connectivity index (χ3v) is 5.79. The lowest BCUT2D eigenvalue weighted by Gasteiger charge is -2.15. The highest BCUT2D eigenvalue weighted by molar-refractivity contribution is 6.15. The molecule has 5 heteroatoms. The van der Waals surface area contributed by atoms with Gasteiger partial charge in [0.15, 0.2) is 0 Å². The Morgan fingerprint density at radius 1 is 1.15 bits per heavy atom. The first-order chi connectivity index (χ1) is 15.9. The summed E-state index contributed by atoms with van der Waals surface area (Å²) in [5.41, 5.74) is 14.7. The number of aromatic nitrogens is 1. The van der Waals surface area contributed by atoms with Gasteiger partial charge in [0.1, 0.15) is 0 Å². The summed E-state index contributed by atoms with van der Waals surface area (Å²) in [7, 11) is 4.02. The summed E-state index contributed by atoms with van der Waals surface area (Å²) in [6, 6.07) is 15.8. The van der Waals surface area contributed by atoms with Gasteiger partial charge in [-0.05, 0) is 60.0 Å². The van der Waals surface area contributed by atoms with E-state index in [2.05, 4.69) is 35.5 Å². The van der Waals surface area contributed by atoms with E-state index in [-0.39, 0.29) is 0 Å². The van der Waals surface area contributed by atoms with Gasteiger partial charge in [0.25, 0.3) is 0 Å². The standard InChI is InChI=1S/C28H28N4O/c1-5-7-19(14-18(2)32(3)4)20-10-11-25(29)24(15-20)28(30)27-16-23-22(21-12-13-33-17-21)8-6-9-26(23)31-27/h5-17,30-31H,1,29H2,2-4H3/b18-14+,19-7+,30-28?. The van der Waals surface area contributed by atoms with Crippen LogP contribution >= 0.6 is 0 Å². The molecule has 2 aromatic carbocycles. The van der Waals surface area contributed by atoms with Crippen molar-refractivity contribution < 1.29 is 4.42 Å². The molecule has 2 heterocycles. The fraction of sp³-hybridized carbons (Fsp3) is 0.107. The molecule has 0 aliphatic heterocycles. The van der Waals surface area contributed by atoms with Crippen LogP contribution in [0.15, 0.2) is 96.0 Å². The molecule has 4 aromatic rings. The molecule has 0 saturated heterocycles. The van der Waals surface area contributed by atoms with Crippen molar-refractivity contribution in [1.82, 2.24) is 9.88 Å². The van der Waals surface area contributed by atoms with Gasteiger partial charge in [0, 0.05) is 47.5 Å². The van der Waals surface area contributed by atoms with E-state index in [0.29, 0.717) is 22.7 Å². The number of aromatic amines is 1. The van der Waals surface area contributed by atoms with Crippen LogP contribution in [0.1, 0.15) is 23.7 Å². The zero-order valence-electron chi connectivity index (χ0n) is 19.1. The van der Waals surface area contributed by atoms with Crippen molar-refractivity contribution in [1.29, 1.82) is 5.41 Å². The number of fused-ring (bicyclic) bond motifs is 1. The minimum Gasteiger partial charge on any atom is -0.472 e. The zero-order chi connectivity index (χ0) is 23.5. The Bertz CT molecular complexity index is 1380. The number of hydrogen-bond acceptors (Lipinski definition) is 4. The van der Waals surface area contributed by atoms with Crippen molar-refractivity contribution >= 4 is 27.9 Å². The van der Waals surface area contributed by atoms with Gasteiger partial charge >= 0.3 is 0 Å². The van der Waals surface area contributed by atoms with Crippen molar-refractivity contribution in [3.63, 3.8) is 0 Å². The van der Waals surface area contributed by atoms with Crippen molar-refractivity contribution in [2.45, 2.75) is 6.92 Å². The first-order valence-electron chi connectivity index (χ1n) is 10.7. The van der Waals surface area contributed by atoms with Crippen molar-refractivity contribution in [2.24, 2.45) is 0 Å². The molecular weight excluding hydrogens is 408 g/mol. The van der Waals surface area contributed by atoms with Gasteiger partial charge in [0.2, 0.25) is 0 Å². The number of allylic oxidation sites excluding steroid dienone is 5. The molecule has 0 spiro atoms. The van der Waals surface area contributed by atoms with Crippen LogP contribution in [0.2, 0.25) is 0 Å². The summed E-state index contributed by atoms with van der Waals surface area (Å²) in [5, 5.41) is 9.98. The molecule has 2 aromatic heterocycles. The van der Waals surface area contributed by atoms with E-state index in [1.807, 2.05) is 62.6 Å². The van der Waals surface area contributed by atoms with E-state index in [1.54, 1.807) is 18.6 Å². The van der Waals surface area contributed by atoms with Gasteiger partial charge in [-0.3, -0.25) is 5.41 Å². The fourth-order valence-corrected chi connectivity index (χ4v) is 3.77. The average molecular weight is 437 g/mol. The molecule has 33 heavy (non-hydrogen) atoms. The van der Waals surface area contributed by atoms with Gasteiger partial charge in [-0.2, -0.15) is 0 Å². The maximum Gasteiger partial charge on any atom is 0.0981 e. The quantitative estimate of drug-likeness (QED) is 0.177. The predicted octanol–water partition coefficient (Wildman–Crippen LogP) is 6.46. The van der Waals surface area contributed by atoms with Gasteiger partial charge < -0.3 is 20.0 Å². The van der Waals surface area contributed by atoms with Crippen LogP contribution in [0, 0.1) is 5.41 Å². The lowest BCUT2D eigenvalue weighted by molar-refractivity contribution is 0.514. The second-order valence-electron chi connectivity index (χ2n) is 8.18. The van der Waals surface area contributed by atoms with Gasteiger partial charge in [0.05, 0.1) is 23.9 Å². The third kappa shape index (κ3) is 4.39. The molecule has 0 radical (unpaired) electrons. The Hall–Kier alpha value is -4.25. The molecule has 5 nitrogen and oxygen atoms in total. The topological polar surface area (TPSA) is 82.0 Å². The number of H-pyrrole nitrogens is 1. The van der Waals surface area contributed by atoms with E-state index >= 15 is 0 Å². The molecule has 0 unspecified atom stereocenters. The monoisotopic (exact) mass is 436 g/mol. The molecule has 0 bridgehead atoms. The van der Waals surface area contributed by atoms with Crippen molar-refractivity contribution in [3.05, 3.63) is 108 Å². The Kier molecular flexibility index (Phi) is 6.05. The van der Waals surface area contributed by atoms with E-state index in [0.717, 1.165) is 38.9 Å². The first-order valence-corrected chi connectivity index (χ1v) is 10.7. The fourth-order valence-electron chi connectivity index (χ4n) is 3.77. The molecular formula is C28H28N4O. The summed E-state index contributed by atoms with van der Waals surface area (Å²) in [5.74, 6) is 0. The molecule has 0 atom stereocenters. The molecule has 0 fully saturated rings. The molecule has 4 rings (SSSR count). The smallest absolute Gasteiger partial charge is 0.0981 e. The predicted molar refractivity (Wildman–Crippen MR) is 138 cm³/mol. The van der Waals surface area contributed by atoms with Crippen LogP contribution in [0.5, 0.6) is 0 Å². The molecule has 0 saturated carbocycles. The Morgan fingerprint density at radius 2 is 1.97 bits per heavy atom. The number of nitrogens with one attached hydrogen (secondary N) is 2. The average Bonchev–Trinajstić information content (AvgIpc) is 3.48.